The molecule has 0 radical (unpaired) electrons. The van der Waals surface area contributed by atoms with Gasteiger partial charge in [0.25, 0.3) is 0 Å². The summed E-state index contributed by atoms with van der Waals surface area (Å²) < 4.78 is 2.48. The Balaban J connectivity index is 1.75. The zero-order chi connectivity index (χ0) is 13.1. The van der Waals surface area contributed by atoms with Crippen molar-refractivity contribution < 1.29 is 0 Å². The molecule has 1 aromatic rings. The number of hydrogen-bond acceptors (Lipinski definition) is 3. The van der Waals surface area contributed by atoms with Crippen LogP contribution in [0.15, 0.2) is 12.5 Å². The molecule has 2 aliphatic rings. The highest BCUT2D eigenvalue weighted by Crippen LogP contribution is 2.30. The lowest BCUT2D eigenvalue weighted by atomic mass is 9.94. The van der Waals surface area contributed by atoms with Crippen LogP contribution in [0.25, 0.3) is 0 Å². The average molecular weight is 262 g/mol. The van der Waals surface area contributed by atoms with E-state index in [-0.39, 0.29) is 0 Å². The second-order valence-electron chi connectivity index (χ2n) is 5.94. The van der Waals surface area contributed by atoms with E-state index in [2.05, 4.69) is 39.2 Å². The van der Waals surface area contributed by atoms with Gasteiger partial charge in [0.1, 0.15) is 0 Å². The average Bonchev–Trinajstić information content (AvgIpc) is 2.98. The first-order valence-electron chi connectivity index (χ1n) is 7.83. The van der Waals surface area contributed by atoms with E-state index in [1.165, 1.54) is 51.0 Å². The molecule has 1 atom stereocenters. The van der Waals surface area contributed by atoms with Gasteiger partial charge in [0.15, 0.2) is 0 Å². The summed E-state index contributed by atoms with van der Waals surface area (Å²) in [5.74, 6) is 0.709. The fourth-order valence-corrected chi connectivity index (χ4v) is 3.60. The van der Waals surface area contributed by atoms with Gasteiger partial charge in [-0.1, -0.05) is 6.92 Å². The van der Waals surface area contributed by atoms with Crippen molar-refractivity contribution in [2.45, 2.75) is 44.6 Å². The number of likely N-dealkylation sites (N-methyl/N-ethyl adjacent to an activating group) is 1. The maximum Gasteiger partial charge on any atom is 0.0951 e. The molecule has 19 heavy (non-hydrogen) atoms. The number of likely N-dealkylation sites (tertiary alicyclic amines) is 1. The molecule has 4 nitrogen and oxygen atoms in total. The van der Waals surface area contributed by atoms with Crippen LogP contribution in [0.5, 0.6) is 0 Å². The van der Waals surface area contributed by atoms with E-state index >= 15 is 0 Å². The predicted octanol–water partition coefficient (Wildman–Crippen LogP) is 2.01. The molecule has 106 valence electrons. The molecule has 2 fully saturated rings. The van der Waals surface area contributed by atoms with Gasteiger partial charge in [-0.25, -0.2) is 4.98 Å². The Kier molecular flexibility index (Phi) is 4.18. The normalized spacial score (nSPS) is 26.7. The zero-order valence-electron chi connectivity index (χ0n) is 12.0. The van der Waals surface area contributed by atoms with Gasteiger partial charge in [0, 0.05) is 30.4 Å². The Labute approximate surface area is 116 Å². The summed E-state index contributed by atoms with van der Waals surface area (Å²) >= 11 is 0. The Morgan fingerprint density at radius 2 is 2.16 bits per heavy atom. The van der Waals surface area contributed by atoms with E-state index in [1.54, 1.807) is 0 Å². The SMILES string of the molecule is CCN1CCCC(n2cncc2C2CCNCC2)C1. The number of rotatable bonds is 3. The monoisotopic (exact) mass is 262 g/mol. The fraction of sp³-hybridized carbons (Fsp3) is 0.800. The summed E-state index contributed by atoms with van der Waals surface area (Å²) in [6.07, 6.45) is 9.33. The van der Waals surface area contributed by atoms with Crippen LogP contribution in [0.1, 0.15) is 50.3 Å². The van der Waals surface area contributed by atoms with Crippen LogP contribution < -0.4 is 5.32 Å². The van der Waals surface area contributed by atoms with E-state index in [1.807, 2.05) is 0 Å². The molecular weight excluding hydrogens is 236 g/mol. The highest BCUT2D eigenvalue weighted by Gasteiger charge is 2.25. The van der Waals surface area contributed by atoms with Crippen molar-refractivity contribution >= 4 is 0 Å². The molecule has 0 aliphatic carbocycles. The smallest absolute Gasteiger partial charge is 0.0951 e. The molecule has 2 aliphatic heterocycles. The largest absolute Gasteiger partial charge is 0.330 e. The molecule has 4 heteroatoms. The lowest BCUT2D eigenvalue weighted by Gasteiger charge is -2.34. The maximum absolute atomic E-state index is 4.45. The third kappa shape index (κ3) is 2.84. The first-order valence-corrected chi connectivity index (χ1v) is 7.83. The van der Waals surface area contributed by atoms with Gasteiger partial charge in [-0.3, -0.25) is 0 Å². The summed E-state index contributed by atoms with van der Waals surface area (Å²) in [7, 11) is 0. The molecule has 0 amide bonds. The number of hydrogen-bond donors (Lipinski definition) is 1. The van der Waals surface area contributed by atoms with Gasteiger partial charge < -0.3 is 14.8 Å². The summed E-state index contributed by atoms with van der Waals surface area (Å²) in [5.41, 5.74) is 1.48. The first-order chi connectivity index (χ1) is 9.38. The molecule has 3 heterocycles. The molecule has 1 unspecified atom stereocenters. The molecule has 1 aromatic heterocycles. The van der Waals surface area contributed by atoms with E-state index in [9.17, 15) is 0 Å². The molecule has 0 spiro atoms. The van der Waals surface area contributed by atoms with Crippen LogP contribution in [-0.2, 0) is 0 Å². The quantitative estimate of drug-likeness (QED) is 0.904. The number of nitrogens with one attached hydrogen (secondary N) is 1. The highest BCUT2D eigenvalue weighted by atomic mass is 15.2. The molecule has 0 aromatic carbocycles. The summed E-state index contributed by atoms with van der Waals surface area (Å²) in [4.78, 5) is 7.02. The van der Waals surface area contributed by atoms with E-state index < -0.39 is 0 Å². The maximum atomic E-state index is 4.45. The lowest BCUT2D eigenvalue weighted by molar-refractivity contribution is 0.182. The summed E-state index contributed by atoms with van der Waals surface area (Å²) in [6.45, 7) is 8.22. The number of imidazole rings is 1. The van der Waals surface area contributed by atoms with Crippen LogP contribution in [0.4, 0.5) is 0 Å². The molecule has 0 saturated carbocycles. The van der Waals surface area contributed by atoms with Crippen molar-refractivity contribution in [1.82, 2.24) is 19.8 Å². The van der Waals surface area contributed by atoms with Crippen molar-refractivity contribution in [3.63, 3.8) is 0 Å². The zero-order valence-corrected chi connectivity index (χ0v) is 12.0. The second-order valence-corrected chi connectivity index (χ2v) is 5.94. The van der Waals surface area contributed by atoms with Crippen molar-refractivity contribution in [2.75, 3.05) is 32.7 Å². The van der Waals surface area contributed by atoms with Gasteiger partial charge in [0.05, 0.1) is 6.33 Å². The van der Waals surface area contributed by atoms with E-state index in [4.69, 9.17) is 0 Å². The Morgan fingerprint density at radius 3 is 2.95 bits per heavy atom. The van der Waals surface area contributed by atoms with Crippen molar-refractivity contribution in [2.24, 2.45) is 0 Å². The topological polar surface area (TPSA) is 33.1 Å². The summed E-state index contributed by atoms with van der Waals surface area (Å²) in [5, 5.41) is 3.45. The Bertz CT molecular complexity index is 395. The van der Waals surface area contributed by atoms with Gasteiger partial charge in [-0.15, -0.1) is 0 Å². The number of piperidine rings is 2. The molecule has 1 N–H and O–H groups in total. The number of nitrogens with zero attached hydrogens (tertiary/aromatic N) is 3. The minimum absolute atomic E-state index is 0.640. The first kappa shape index (κ1) is 13.1. The third-order valence-corrected chi connectivity index (χ3v) is 4.77. The highest BCUT2D eigenvalue weighted by molar-refractivity contribution is 5.09. The van der Waals surface area contributed by atoms with Crippen molar-refractivity contribution in [3.8, 4) is 0 Å². The van der Waals surface area contributed by atoms with E-state index in [0.29, 0.717) is 12.0 Å². The van der Waals surface area contributed by atoms with E-state index in [0.717, 1.165) is 13.1 Å². The lowest BCUT2D eigenvalue weighted by Crippen LogP contribution is -2.37. The van der Waals surface area contributed by atoms with Crippen LogP contribution >= 0.6 is 0 Å². The molecular formula is C15H26N4. The van der Waals surface area contributed by atoms with Crippen LogP contribution in [0.3, 0.4) is 0 Å². The van der Waals surface area contributed by atoms with Gasteiger partial charge in [-0.05, 0) is 51.9 Å². The minimum atomic E-state index is 0.640. The molecule has 2 saturated heterocycles. The van der Waals surface area contributed by atoms with Crippen LogP contribution in [0, 0.1) is 0 Å². The second kappa shape index (κ2) is 6.06. The van der Waals surface area contributed by atoms with Gasteiger partial charge in [0.2, 0.25) is 0 Å². The third-order valence-electron chi connectivity index (χ3n) is 4.77. The summed E-state index contributed by atoms with van der Waals surface area (Å²) in [6, 6.07) is 0.640. The molecule has 3 rings (SSSR count). The Hall–Kier alpha value is -0.870. The fourth-order valence-electron chi connectivity index (χ4n) is 3.60. The van der Waals surface area contributed by atoms with Crippen LogP contribution in [-0.4, -0.2) is 47.2 Å². The van der Waals surface area contributed by atoms with Gasteiger partial charge >= 0.3 is 0 Å². The van der Waals surface area contributed by atoms with Crippen LogP contribution in [0.2, 0.25) is 0 Å². The van der Waals surface area contributed by atoms with Crippen molar-refractivity contribution in [3.05, 3.63) is 18.2 Å². The molecule has 0 bridgehead atoms. The standard InChI is InChI=1S/C15H26N4/c1-2-18-9-3-4-14(11-18)19-12-17-10-15(19)13-5-7-16-8-6-13/h10,12-14,16H,2-9,11H2,1H3. The Morgan fingerprint density at radius 1 is 1.32 bits per heavy atom. The van der Waals surface area contributed by atoms with Gasteiger partial charge in [-0.2, -0.15) is 0 Å². The predicted molar refractivity (Wildman–Crippen MR) is 77.5 cm³/mol. The number of aromatic nitrogens is 2. The minimum Gasteiger partial charge on any atom is -0.330 e. The van der Waals surface area contributed by atoms with Crippen molar-refractivity contribution in [1.29, 1.82) is 0 Å².